The monoisotopic (exact) mass is 305 g/mol. The highest BCUT2D eigenvalue weighted by atomic mass is 32.2. The van der Waals surface area contributed by atoms with Crippen LogP contribution in [0.25, 0.3) is 0 Å². The zero-order valence-corrected chi connectivity index (χ0v) is 12.2. The summed E-state index contributed by atoms with van der Waals surface area (Å²) in [6, 6.07) is 9.63. The van der Waals surface area contributed by atoms with Crippen LogP contribution in [-0.2, 0) is 10.0 Å². The van der Waals surface area contributed by atoms with Crippen molar-refractivity contribution in [2.75, 3.05) is 6.61 Å². The number of sulfonamides is 1. The van der Waals surface area contributed by atoms with Gasteiger partial charge in [-0.3, -0.25) is 4.98 Å². The molecule has 7 heteroatoms. The molecule has 0 spiro atoms. The molecule has 0 aliphatic rings. The topological polar surface area (TPSA) is 80.7 Å². The van der Waals surface area contributed by atoms with E-state index < -0.39 is 10.0 Å². The number of aromatic nitrogens is 1. The van der Waals surface area contributed by atoms with Gasteiger partial charge >= 0.3 is 0 Å². The number of rotatable bonds is 6. The summed E-state index contributed by atoms with van der Waals surface area (Å²) in [7, 11) is -3.69. The van der Waals surface area contributed by atoms with Gasteiger partial charge in [-0.05, 0) is 37.3 Å². The van der Waals surface area contributed by atoms with Gasteiger partial charge < -0.3 is 4.74 Å². The minimum absolute atomic E-state index is 0.120. The van der Waals surface area contributed by atoms with E-state index >= 15 is 0 Å². The molecule has 0 bridgehead atoms. The van der Waals surface area contributed by atoms with E-state index in [2.05, 4.69) is 14.9 Å². The fourth-order valence-electron chi connectivity index (χ4n) is 1.56. The zero-order chi connectivity index (χ0) is 15.1. The maximum absolute atomic E-state index is 12.0. The summed E-state index contributed by atoms with van der Waals surface area (Å²) in [6.07, 6.45) is 4.59. The number of hydrogen-bond donors (Lipinski definition) is 1. The lowest BCUT2D eigenvalue weighted by Gasteiger charge is -2.05. The van der Waals surface area contributed by atoms with E-state index in [1.807, 2.05) is 6.92 Å². The molecule has 0 saturated heterocycles. The van der Waals surface area contributed by atoms with Crippen molar-refractivity contribution in [1.82, 2.24) is 9.82 Å². The van der Waals surface area contributed by atoms with E-state index in [1.165, 1.54) is 18.3 Å². The Morgan fingerprint density at radius 1 is 1.29 bits per heavy atom. The Labute approximate surface area is 123 Å². The van der Waals surface area contributed by atoms with Gasteiger partial charge in [0.25, 0.3) is 10.0 Å². The Morgan fingerprint density at radius 3 is 2.67 bits per heavy atom. The molecule has 21 heavy (non-hydrogen) atoms. The molecule has 0 radical (unpaired) electrons. The first-order valence-corrected chi connectivity index (χ1v) is 7.78. The predicted molar refractivity (Wildman–Crippen MR) is 79.8 cm³/mol. The van der Waals surface area contributed by atoms with Crippen LogP contribution in [0.1, 0.15) is 12.5 Å². The van der Waals surface area contributed by atoms with Gasteiger partial charge in [-0.15, -0.1) is 0 Å². The first-order valence-electron chi connectivity index (χ1n) is 6.29. The summed E-state index contributed by atoms with van der Waals surface area (Å²) in [5.41, 5.74) is 0.701. The quantitative estimate of drug-likeness (QED) is 0.652. The second kappa shape index (κ2) is 6.85. The van der Waals surface area contributed by atoms with Crippen LogP contribution in [0.3, 0.4) is 0 Å². The van der Waals surface area contributed by atoms with Gasteiger partial charge in [0.2, 0.25) is 0 Å². The molecular formula is C14H15N3O3S. The highest BCUT2D eigenvalue weighted by Crippen LogP contribution is 2.15. The Bertz CT molecular complexity index is 698. The van der Waals surface area contributed by atoms with Gasteiger partial charge in [0, 0.05) is 18.0 Å². The summed E-state index contributed by atoms with van der Waals surface area (Å²) < 4.78 is 29.3. The van der Waals surface area contributed by atoms with Crippen LogP contribution in [0.2, 0.25) is 0 Å². The van der Waals surface area contributed by atoms with Gasteiger partial charge in [-0.25, -0.2) is 4.83 Å². The molecule has 1 heterocycles. The summed E-state index contributed by atoms with van der Waals surface area (Å²) >= 11 is 0. The fraction of sp³-hybridized carbons (Fsp3) is 0.143. The van der Waals surface area contributed by atoms with Crippen LogP contribution in [0.4, 0.5) is 0 Å². The van der Waals surface area contributed by atoms with Gasteiger partial charge in [-0.2, -0.15) is 13.5 Å². The maximum atomic E-state index is 12.0. The molecule has 0 unspecified atom stereocenters. The fourth-order valence-corrected chi connectivity index (χ4v) is 2.35. The number of pyridine rings is 1. The lowest BCUT2D eigenvalue weighted by molar-refractivity contribution is 0.340. The van der Waals surface area contributed by atoms with Crippen molar-refractivity contribution < 1.29 is 13.2 Å². The average molecular weight is 305 g/mol. The Kier molecular flexibility index (Phi) is 4.89. The lowest BCUT2D eigenvalue weighted by Crippen LogP contribution is -2.18. The molecular weight excluding hydrogens is 290 g/mol. The molecule has 2 rings (SSSR count). The van der Waals surface area contributed by atoms with Gasteiger partial charge in [0.15, 0.2) is 0 Å². The van der Waals surface area contributed by atoms with E-state index in [-0.39, 0.29) is 4.90 Å². The molecule has 1 N–H and O–H groups in total. The molecule has 1 aromatic heterocycles. The number of benzene rings is 1. The number of nitrogens with zero attached hydrogens (tertiary/aromatic N) is 2. The summed E-state index contributed by atoms with van der Waals surface area (Å²) in [4.78, 5) is 6.17. The molecule has 0 fully saturated rings. The van der Waals surface area contributed by atoms with Crippen LogP contribution in [0.15, 0.2) is 58.8 Å². The molecule has 0 amide bonds. The van der Waals surface area contributed by atoms with Crippen LogP contribution in [-0.4, -0.2) is 26.2 Å². The van der Waals surface area contributed by atoms with Crippen molar-refractivity contribution in [2.24, 2.45) is 5.10 Å². The smallest absolute Gasteiger partial charge is 0.276 e. The molecule has 0 aliphatic heterocycles. The standard InChI is InChI=1S/C14H15N3O3S/c1-2-20-13-5-7-14(8-6-13)21(18,19)17-16-11-12-4-3-9-15-10-12/h3-11,17H,2H2,1H3/b16-11+. The van der Waals surface area contributed by atoms with Crippen molar-refractivity contribution in [3.63, 3.8) is 0 Å². The summed E-state index contributed by atoms with van der Waals surface area (Å²) in [5, 5.41) is 3.71. The van der Waals surface area contributed by atoms with Crippen molar-refractivity contribution in [3.8, 4) is 5.75 Å². The number of nitrogens with one attached hydrogen (secondary N) is 1. The highest BCUT2D eigenvalue weighted by molar-refractivity contribution is 7.89. The summed E-state index contributed by atoms with van der Waals surface area (Å²) in [5.74, 6) is 0.621. The van der Waals surface area contributed by atoms with Crippen LogP contribution in [0, 0.1) is 0 Å². The zero-order valence-electron chi connectivity index (χ0n) is 11.4. The van der Waals surface area contributed by atoms with E-state index in [0.717, 1.165) is 0 Å². The molecule has 0 aliphatic carbocycles. The minimum Gasteiger partial charge on any atom is -0.494 e. The van der Waals surface area contributed by atoms with Gasteiger partial charge in [0.05, 0.1) is 17.7 Å². The van der Waals surface area contributed by atoms with Gasteiger partial charge in [-0.1, -0.05) is 6.07 Å². The normalized spacial score (nSPS) is 11.5. The van der Waals surface area contributed by atoms with E-state index in [1.54, 1.807) is 36.7 Å². The van der Waals surface area contributed by atoms with Crippen molar-refractivity contribution in [2.45, 2.75) is 11.8 Å². The van der Waals surface area contributed by atoms with Gasteiger partial charge in [0.1, 0.15) is 5.75 Å². The third-order valence-corrected chi connectivity index (χ3v) is 3.75. The first kappa shape index (κ1) is 15.0. The third kappa shape index (κ3) is 4.28. The molecule has 6 nitrogen and oxygen atoms in total. The average Bonchev–Trinajstić information content (AvgIpc) is 2.49. The SMILES string of the molecule is CCOc1ccc(S(=O)(=O)N/N=C/c2cccnc2)cc1. The maximum Gasteiger partial charge on any atom is 0.276 e. The molecule has 2 aromatic rings. The van der Waals surface area contributed by atoms with E-state index in [4.69, 9.17) is 4.74 Å². The molecule has 1 aromatic carbocycles. The van der Waals surface area contributed by atoms with Crippen LogP contribution >= 0.6 is 0 Å². The van der Waals surface area contributed by atoms with Crippen molar-refractivity contribution in [1.29, 1.82) is 0 Å². The van der Waals surface area contributed by atoms with Crippen molar-refractivity contribution >= 4 is 16.2 Å². The first-order chi connectivity index (χ1) is 10.1. The molecule has 0 saturated carbocycles. The second-order valence-electron chi connectivity index (χ2n) is 4.04. The third-order valence-electron chi connectivity index (χ3n) is 2.52. The Morgan fingerprint density at radius 2 is 2.05 bits per heavy atom. The number of ether oxygens (including phenoxy) is 1. The van der Waals surface area contributed by atoms with Crippen LogP contribution in [0.5, 0.6) is 5.75 Å². The summed E-state index contributed by atoms with van der Waals surface area (Å²) in [6.45, 7) is 2.39. The predicted octanol–water partition coefficient (Wildman–Crippen LogP) is 1.79. The molecule has 110 valence electrons. The Hall–Kier alpha value is -2.41. The van der Waals surface area contributed by atoms with Crippen molar-refractivity contribution in [3.05, 3.63) is 54.4 Å². The lowest BCUT2D eigenvalue weighted by atomic mass is 10.3. The molecule has 0 atom stereocenters. The van der Waals surface area contributed by atoms with E-state index in [9.17, 15) is 8.42 Å². The largest absolute Gasteiger partial charge is 0.494 e. The second-order valence-corrected chi connectivity index (χ2v) is 5.70. The van der Waals surface area contributed by atoms with E-state index in [0.29, 0.717) is 17.9 Å². The number of hydrazone groups is 1. The highest BCUT2D eigenvalue weighted by Gasteiger charge is 2.12. The van der Waals surface area contributed by atoms with Crippen LogP contribution < -0.4 is 9.57 Å². The number of hydrogen-bond acceptors (Lipinski definition) is 5. The Balaban J connectivity index is 2.06. The minimum atomic E-state index is -3.69.